The molecule has 0 radical (unpaired) electrons. The fourth-order valence-electron chi connectivity index (χ4n) is 1.13. The summed E-state index contributed by atoms with van der Waals surface area (Å²) >= 11 is 0. The molecule has 0 spiro atoms. The van der Waals surface area contributed by atoms with E-state index < -0.39 is 6.10 Å². The molecule has 1 unspecified atom stereocenters. The van der Waals surface area contributed by atoms with Gasteiger partial charge < -0.3 is 9.84 Å². The van der Waals surface area contributed by atoms with E-state index in [-0.39, 0.29) is 0 Å². The Balaban J connectivity index is 2.92. The van der Waals surface area contributed by atoms with E-state index in [4.69, 9.17) is 4.74 Å². The zero-order chi connectivity index (χ0) is 10.6. The largest absolute Gasteiger partial charge is 0.497 e. The van der Waals surface area contributed by atoms with Crippen LogP contribution in [0.4, 0.5) is 0 Å². The summed E-state index contributed by atoms with van der Waals surface area (Å²) in [5.41, 5.74) is 4.21. The van der Waals surface area contributed by atoms with Crippen molar-refractivity contribution in [3.05, 3.63) is 47.7 Å². The van der Waals surface area contributed by atoms with Gasteiger partial charge in [-0.2, -0.15) is 0 Å². The molecular formula is C12H14O2. The summed E-state index contributed by atoms with van der Waals surface area (Å²) in [7, 11) is 1.61. The molecule has 0 bridgehead atoms. The van der Waals surface area contributed by atoms with Crippen LogP contribution in [0.3, 0.4) is 0 Å². The van der Waals surface area contributed by atoms with Gasteiger partial charge in [0.2, 0.25) is 0 Å². The second kappa shape index (κ2) is 4.66. The van der Waals surface area contributed by atoms with Gasteiger partial charge in [-0.1, -0.05) is 18.7 Å². The Kier molecular flexibility index (Phi) is 3.52. The predicted molar refractivity (Wildman–Crippen MR) is 56.3 cm³/mol. The highest BCUT2D eigenvalue weighted by atomic mass is 16.5. The van der Waals surface area contributed by atoms with Gasteiger partial charge in [-0.15, -0.1) is 5.73 Å². The Morgan fingerprint density at radius 1 is 1.43 bits per heavy atom. The lowest BCUT2D eigenvalue weighted by atomic mass is 10.0. The van der Waals surface area contributed by atoms with Crippen molar-refractivity contribution in [3.8, 4) is 5.75 Å². The fraction of sp³-hybridized carbons (Fsp3) is 0.250. The number of benzene rings is 1. The summed E-state index contributed by atoms with van der Waals surface area (Å²) in [4.78, 5) is 0. The first kappa shape index (κ1) is 10.6. The third kappa shape index (κ3) is 2.25. The van der Waals surface area contributed by atoms with Crippen LogP contribution < -0.4 is 4.74 Å². The van der Waals surface area contributed by atoms with Crippen LogP contribution in [0, 0.1) is 0 Å². The summed E-state index contributed by atoms with van der Waals surface area (Å²) in [5.74, 6) is 0.779. The van der Waals surface area contributed by atoms with Crippen molar-refractivity contribution < 1.29 is 9.84 Å². The molecule has 2 nitrogen and oxygen atoms in total. The lowest BCUT2D eigenvalue weighted by Crippen LogP contribution is -1.97. The molecule has 1 N–H and O–H groups in total. The van der Waals surface area contributed by atoms with Gasteiger partial charge in [0.15, 0.2) is 0 Å². The predicted octanol–water partition coefficient (Wildman–Crippen LogP) is 2.46. The average Bonchev–Trinajstić information content (AvgIpc) is 2.27. The molecule has 0 amide bonds. The molecule has 74 valence electrons. The van der Waals surface area contributed by atoms with Crippen LogP contribution in [-0.4, -0.2) is 12.2 Å². The number of aliphatic hydroxyl groups excluding tert-OH is 1. The third-order valence-electron chi connectivity index (χ3n) is 2.12. The number of methoxy groups -OCH3 is 1. The molecule has 2 heteroatoms. The summed E-state index contributed by atoms with van der Waals surface area (Å²) in [6.07, 6.45) is -0.626. The summed E-state index contributed by atoms with van der Waals surface area (Å²) in [5, 5.41) is 9.77. The molecule has 1 rings (SSSR count). The Morgan fingerprint density at radius 2 is 2.00 bits per heavy atom. The first-order valence-corrected chi connectivity index (χ1v) is 4.37. The topological polar surface area (TPSA) is 29.5 Å². The monoisotopic (exact) mass is 190 g/mol. The minimum Gasteiger partial charge on any atom is -0.497 e. The maximum atomic E-state index is 9.77. The maximum Gasteiger partial charge on any atom is 0.118 e. The maximum absolute atomic E-state index is 9.77. The van der Waals surface area contributed by atoms with E-state index in [1.165, 1.54) is 0 Å². The van der Waals surface area contributed by atoms with Crippen molar-refractivity contribution in [2.24, 2.45) is 0 Å². The molecule has 0 aliphatic rings. The van der Waals surface area contributed by atoms with Gasteiger partial charge >= 0.3 is 0 Å². The van der Waals surface area contributed by atoms with Gasteiger partial charge in [-0.3, -0.25) is 0 Å². The van der Waals surface area contributed by atoms with E-state index in [0.29, 0.717) is 0 Å². The molecule has 0 aromatic heterocycles. The lowest BCUT2D eigenvalue weighted by Gasteiger charge is -2.10. The van der Waals surface area contributed by atoms with Crippen LogP contribution in [-0.2, 0) is 0 Å². The van der Waals surface area contributed by atoms with Crippen LogP contribution >= 0.6 is 0 Å². The summed E-state index contributed by atoms with van der Waals surface area (Å²) in [6, 6.07) is 7.28. The third-order valence-corrected chi connectivity index (χ3v) is 2.12. The molecule has 14 heavy (non-hydrogen) atoms. The molecule has 0 saturated heterocycles. The van der Waals surface area contributed by atoms with E-state index in [2.05, 4.69) is 12.3 Å². The molecule has 0 saturated carbocycles. The van der Waals surface area contributed by atoms with Crippen molar-refractivity contribution in [2.45, 2.75) is 13.0 Å². The molecule has 1 aromatic rings. The standard InChI is InChI=1S/C12H14O2/c1-4-9(2)12(13)10-5-7-11(14-3)8-6-10/h5-8,12-13H,1H2,2-3H3. The fourth-order valence-corrected chi connectivity index (χ4v) is 1.13. The van der Waals surface area contributed by atoms with Crippen molar-refractivity contribution in [2.75, 3.05) is 7.11 Å². The number of aliphatic hydroxyl groups is 1. The van der Waals surface area contributed by atoms with Gasteiger partial charge in [0.25, 0.3) is 0 Å². The summed E-state index contributed by atoms with van der Waals surface area (Å²) in [6.45, 7) is 5.29. The highest BCUT2D eigenvalue weighted by Gasteiger charge is 2.08. The van der Waals surface area contributed by atoms with Gasteiger partial charge in [0.1, 0.15) is 11.9 Å². The van der Waals surface area contributed by atoms with Crippen molar-refractivity contribution in [1.82, 2.24) is 0 Å². The van der Waals surface area contributed by atoms with Crippen LogP contribution in [0.1, 0.15) is 18.6 Å². The van der Waals surface area contributed by atoms with Crippen molar-refractivity contribution in [3.63, 3.8) is 0 Å². The van der Waals surface area contributed by atoms with E-state index in [9.17, 15) is 5.11 Å². The minimum absolute atomic E-state index is 0.626. The smallest absolute Gasteiger partial charge is 0.118 e. The van der Waals surface area contributed by atoms with Gasteiger partial charge in [-0.25, -0.2) is 0 Å². The van der Waals surface area contributed by atoms with E-state index >= 15 is 0 Å². The quantitative estimate of drug-likeness (QED) is 0.742. The number of rotatable bonds is 3. The number of ether oxygens (including phenoxy) is 1. The Morgan fingerprint density at radius 3 is 2.43 bits per heavy atom. The van der Waals surface area contributed by atoms with Crippen LogP contribution in [0.15, 0.2) is 42.1 Å². The zero-order valence-corrected chi connectivity index (χ0v) is 8.45. The molecule has 0 aliphatic carbocycles. The Bertz CT molecular complexity index is 345. The van der Waals surface area contributed by atoms with Crippen LogP contribution in [0.5, 0.6) is 5.75 Å². The molecular weight excluding hydrogens is 176 g/mol. The van der Waals surface area contributed by atoms with Gasteiger partial charge in [0.05, 0.1) is 7.11 Å². The van der Waals surface area contributed by atoms with E-state index in [1.54, 1.807) is 14.0 Å². The van der Waals surface area contributed by atoms with Crippen LogP contribution in [0.25, 0.3) is 0 Å². The zero-order valence-electron chi connectivity index (χ0n) is 8.45. The molecule has 1 atom stereocenters. The van der Waals surface area contributed by atoms with Crippen LogP contribution in [0.2, 0.25) is 0 Å². The van der Waals surface area contributed by atoms with Crippen molar-refractivity contribution >= 4 is 0 Å². The molecule has 0 heterocycles. The highest BCUT2D eigenvalue weighted by molar-refractivity contribution is 5.31. The second-order valence-electron chi connectivity index (χ2n) is 3.04. The van der Waals surface area contributed by atoms with E-state index in [0.717, 1.165) is 16.9 Å². The highest BCUT2D eigenvalue weighted by Crippen LogP contribution is 2.22. The Labute approximate surface area is 84.1 Å². The minimum atomic E-state index is -0.626. The number of hydrogen-bond donors (Lipinski definition) is 1. The second-order valence-corrected chi connectivity index (χ2v) is 3.04. The average molecular weight is 190 g/mol. The SMILES string of the molecule is C=C=C(C)C(O)c1ccc(OC)cc1. The van der Waals surface area contributed by atoms with Crippen molar-refractivity contribution in [1.29, 1.82) is 0 Å². The Hall–Kier alpha value is -1.50. The normalized spacial score (nSPS) is 11.6. The first-order valence-electron chi connectivity index (χ1n) is 4.37. The molecule has 0 aliphatic heterocycles. The van der Waals surface area contributed by atoms with Gasteiger partial charge in [-0.05, 0) is 24.6 Å². The molecule has 1 aromatic carbocycles. The summed E-state index contributed by atoms with van der Waals surface area (Å²) < 4.78 is 5.02. The first-order chi connectivity index (χ1) is 6.69. The van der Waals surface area contributed by atoms with Gasteiger partial charge in [0, 0.05) is 5.57 Å². The lowest BCUT2D eigenvalue weighted by molar-refractivity contribution is 0.216. The van der Waals surface area contributed by atoms with E-state index in [1.807, 2.05) is 24.3 Å². The number of hydrogen-bond acceptors (Lipinski definition) is 2. The molecule has 0 fully saturated rings.